The van der Waals surface area contributed by atoms with Crippen LogP contribution in [0.5, 0.6) is 0 Å². The minimum atomic E-state index is 0.134. The molecule has 1 saturated heterocycles. The summed E-state index contributed by atoms with van der Waals surface area (Å²) in [6, 6.07) is 0. The van der Waals surface area contributed by atoms with Crippen LogP contribution in [-0.4, -0.2) is 19.0 Å². The predicted octanol–water partition coefficient (Wildman–Crippen LogP) is 2.42. The average molecular weight is 184 g/mol. The third-order valence-corrected chi connectivity index (χ3v) is 2.38. The molecular formula is C11H20O2. The molecule has 0 bridgehead atoms. The molecule has 0 aliphatic carbocycles. The molecule has 0 aromatic heterocycles. The second kappa shape index (κ2) is 4.23. The molecule has 76 valence electrons. The Kier molecular flexibility index (Phi) is 3.48. The lowest BCUT2D eigenvalue weighted by molar-refractivity contribution is -0.127. The van der Waals surface area contributed by atoms with Gasteiger partial charge in [0.1, 0.15) is 5.78 Å². The second-order valence-corrected chi connectivity index (χ2v) is 5.09. The SMILES string of the molecule is CC(C)(C)CC(=O)C1CCOCC1. The summed E-state index contributed by atoms with van der Waals surface area (Å²) in [5.41, 5.74) is 0.134. The minimum Gasteiger partial charge on any atom is -0.381 e. The van der Waals surface area contributed by atoms with Crippen molar-refractivity contribution < 1.29 is 9.53 Å². The van der Waals surface area contributed by atoms with Gasteiger partial charge < -0.3 is 4.74 Å². The van der Waals surface area contributed by atoms with Crippen molar-refractivity contribution in [3.63, 3.8) is 0 Å². The van der Waals surface area contributed by atoms with Crippen LogP contribution in [0.3, 0.4) is 0 Å². The molecule has 1 fully saturated rings. The van der Waals surface area contributed by atoms with Gasteiger partial charge in [-0.2, -0.15) is 0 Å². The number of hydrogen-bond acceptors (Lipinski definition) is 2. The zero-order chi connectivity index (χ0) is 9.90. The van der Waals surface area contributed by atoms with E-state index in [-0.39, 0.29) is 11.3 Å². The highest BCUT2D eigenvalue weighted by Gasteiger charge is 2.25. The number of rotatable bonds is 2. The lowest BCUT2D eigenvalue weighted by Gasteiger charge is -2.24. The van der Waals surface area contributed by atoms with Crippen LogP contribution in [0.2, 0.25) is 0 Å². The highest BCUT2D eigenvalue weighted by molar-refractivity contribution is 5.81. The van der Waals surface area contributed by atoms with Gasteiger partial charge in [-0.15, -0.1) is 0 Å². The fourth-order valence-electron chi connectivity index (χ4n) is 1.69. The van der Waals surface area contributed by atoms with Crippen molar-refractivity contribution in [3.05, 3.63) is 0 Å². The first-order valence-corrected chi connectivity index (χ1v) is 5.09. The molecule has 1 aliphatic heterocycles. The average Bonchev–Trinajstić information content (AvgIpc) is 2.03. The lowest BCUT2D eigenvalue weighted by atomic mass is 9.83. The Hall–Kier alpha value is -0.370. The third kappa shape index (κ3) is 3.90. The first-order chi connectivity index (χ1) is 5.99. The first-order valence-electron chi connectivity index (χ1n) is 5.09. The summed E-state index contributed by atoms with van der Waals surface area (Å²) < 4.78 is 5.23. The molecule has 0 radical (unpaired) electrons. The molecule has 2 heteroatoms. The van der Waals surface area contributed by atoms with Gasteiger partial charge in [0.05, 0.1) is 0 Å². The summed E-state index contributed by atoms with van der Waals surface area (Å²) in [5, 5.41) is 0. The number of carbonyl (C=O) groups excluding carboxylic acids is 1. The van der Waals surface area contributed by atoms with Crippen molar-refractivity contribution in [2.45, 2.75) is 40.0 Å². The quantitative estimate of drug-likeness (QED) is 0.658. The zero-order valence-electron chi connectivity index (χ0n) is 8.93. The summed E-state index contributed by atoms with van der Waals surface area (Å²) >= 11 is 0. The summed E-state index contributed by atoms with van der Waals surface area (Å²) in [7, 11) is 0. The van der Waals surface area contributed by atoms with E-state index in [1.165, 1.54) is 0 Å². The molecule has 2 nitrogen and oxygen atoms in total. The molecule has 0 amide bonds. The Morgan fingerprint density at radius 3 is 2.31 bits per heavy atom. The maximum atomic E-state index is 11.8. The minimum absolute atomic E-state index is 0.134. The maximum Gasteiger partial charge on any atom is 0.136 e. The molecule has 1 rings (SSSR count). The van der Waals surface area contributed by atoms with Gasteiger partial charge in [0.2, 0.25) is 0 Å². The second-order valence-electron chi connectivity index (χ2n) is 5.09. The summed E-state index contributed by atoms with van der Waals surface area (Å²) in [6.07, 6.45) is 2.56. The first kappa shape index (κ1) is 10.7. The Balaban J connectivity index is 2.38. The largest absolute Gasteiger partial charge is 0.381 e. The molecule has 0 saturated carbocycles. The van der Waals surface area contributed by atoms with Crippen molar-refractivity contribution in [2.75, 3.05) is 13.2 Å². The summed E-state index contributed by atoms with van der Waals surface area (Å²) in [4.78, 5) is 11.8. The number of ketones is 1. The topological polar surface area (TPSA) is 26.3 Å². The molecule has 13 heavy (non-hydrogen) atoms. The van der Waals surface area contributed by atoms with Crippen LogP contribution >= 0.6 is 0 Å². The van der Waals surface area contributed by atoms with E-state index in [2.05, 4.69) is 20.8 Å². The summed E-state index contributed by atoms with van der Waals surface area (Å²) in [5.74, 6) is 0.698. The van der Waals surface area contributed by atoms with Crippen molar-refractivity contribution in [1.82, 2.24) is 0 Å². The molecule has 0 atom stereocenters. The van der Waals surface area contributed by atoms with Gasteiger partial charge in [0, 0.05) is 25.6 Å². The smallest absolute Gasteiger partial charge is 0.136 e. The Morgan fingerprint density at radius 2 is 1.85 bits per heavy atom. The fraction of sp³-hybridized carbons (Fsp3) is 0.909. The van der Waals surface area contributed by atoms with Gasteiger partial charge in [-0.1, -0.05) is 20.8 Å². The van der Waals surface area contributed by atoms with Gasteiger partial charge in [-0.05, 0) is 18.3 Å². The monoisotopic (exact) mass is 184 g/mol. The standard InChI is InChI=1S/C11H20O2/c1-11(2,3)8-10(12)9-4-6-13-7-5-9/h9H,4-8H2,1-3H3. The maximum absolute atomic E-state index is 11.8. The predicted molar refractivity (Wildman–Crippen MR) is 52.6 cm³/mol. The fourth-order valence-corrected chi connectivity index (χ4v) is 1.69. The summed E-state index contributed by atoms with van der Waals surface area (Å²) in [6.45, 7) is 7.87. The van der Waals surface area contributed by atoms with Crippen molar-refractivity contribution >= 4 is 5.78 Å². The number of carbonyl (C=O) groups is 1. The van der Waals surface area contributed by atoms with Crippen LogP contribution in [0.15, 0.2) is 0 Å². The zero-order valence-corrected chi connectivity index (χ0v) is 8.93. The van der Waals surface area contributed by atoms with Gasteiger partial charge in [-0.25, -0.2) is 0 Å². The van der Waals surface area contributed by atoms with Crippen LogP contribution in [-0.2, 0) is 9.53 Å². The van der Waals surface area contributed by atoms with E-state index in [9.17, 15) is 4.79 Å². The molecular weight excluding hydrogens is 164 g/mol. The molecule has 0 N–H and O–H groups in total. The Morgan fingerprint density at radius 1 is 1.31 bits per heavy atom. The van der Waals surface area contributed by atoms with Crippen molar-refractivity contribution in [3.8, 4) is 0 Å². The van der Waals surface area contributed by atoms with Crippen LogP contribution in [0.4, 0.5) is 0 Å². The molecule has 0 spiro atoms. The molecule has 0 aromatic rings. The highest BCUT2D eigenvalue weighted by atomic mass is 16.5. The van der Waals surface area contributed by atoms with Crippen molar-refractivity contribution in [2.24, 2.45) is 11.3 Å². The van der Waals surface area contributed by atoms with Crippen LogP contribution < -0.4 is 0 Å². The number of ether oxygens (including phenoxy) is 1. The highest BCUT2D eigenvalue weighted by Crippen LogP contribution is 2.25. The third-order valence-electron chi connectivity index (χ3n) is 2.38. The molecule has 1 aliphatic rings. The normalized spacial score (nSPS) is 20.2. The van der Waals surface area contributed by atoms with E-state index in [4.69, 9.17) is 4.74 Å². The van der Waals surface area contributed by atoms with E-state index in [1.807, 2.05) is 0 Å². The van der Waals surface area contributed by atoms with E-state index < -0.39 is 0 Å². The van der Waals surface area contributed by atoms with Gasteiger partial charge in [0.25, 0.3) is 0 Å². The van der Waals surface area contributed by atoms with Crippen LogP contribution in [0, 0.1) is 11.3 Å². The van der Waals surface area contributed by atoms with Crippen LogP contribution in [0.1, 0.15) is 40.0 Å². The van der Waals surface area contributed by atoms with Crippen LogP contribution in [0.25, 0.3) is 0 Å². The van der Waals surface area contributed by atoms with Gasteiger partial charge in [-0.3, -0.25) is 4.79 Å². The Labute approximate surface area is 80.7 Å². The van der Waals surface area contributed by atoms with E-state index >= 15 is 0 Å². The molecule has 0 aromatic carbocycles. The van der Waals surface area contributed by atoms with E-state index in [1.54, 1.807) is 0 Å². The lowest BCUT2D eigenvalue weighted by Crippen LogP contribution is -2.26. The molecule has 0 unspecified atom stereocenters. The van der Waals surface area contributed by atoms with Gasteiger partial charge >= 0.3 is 0 Å². The van der Waals surface area contributed by atoms with E-state index in [0.717, 1.165) is 26.1 Å². The molecule has 1 heterocycles. The van der Waals surface area contributed by atoms with E-state index in [0.29, 0.717) is 12.2 Å². The number of Topliss-reactive ketones (excluding diaryl/α,β-unsaturated/α-hetero) is 1. The van der Waals surface area contributed by atoms with Gasteiger partial charge in [0.15, 0.2) is 0 Å². The number of hydrogen-bond donors (Lipinski definition) is 0. The van der Waals surface area contributed by atoms with Crippen molar-refractivity contribution in [1.29, 1.82) is 0 Å². The Bertz CT molecular complexity index is 173.